The normalized spacial score (nSPS) is 13.4. The predicted octanol–water partition coefficient (Wildman–Crippen LogP) is 3.97. The first-order chi connectivity index (χ1) is 9.22. The van der Waals surface area contributed by atoms with Crippen molar-refractivity contribution in [3.63, 3.8) is 0 Å². The maximum Gasteiger partial charge on any atom is 0.141 e. The van der Waals surface area contributed by atoms with Crippen LogP contribution >= 0.6 is 11.6 Å². The predicted molar refractivity (Wildman–Crippen MR) is 75.0 cm³/mol. The van der Waals surface area contributed by atoms with Crippen molar-refractivity contribution in [2.75, 3.05) is 5.32 Å². The number of nitrogens with zero attached hydrogens (tertiary/aromatic N) is 1. The van der Waals surface area contributed by atoms with E-state index in [1.54, 1.807) is 12.1 Å². The molecule has 1 aliphatic rings. The summed E-state index contributed by atoms with van der Waals surface area (Å²) in [6.45, 7) is 0.589. The van der Waals surface area contributed by atoms with Crippen molar-refractivity contribution >= 4 is 17.4 Å². The summed E-state index contributed by atoms with van der Waals surface area (Å²) in [5.74, 6) is 0.474. The zero-order valence-electron chi connectivity index (χ0n) is 10.4. The average Bonchev–Trinajstić information content (AvgIpc) is 2.87. The van der Waals surface area contributed by atoms with Gasteiger partial charge in [0.1, 0.15) is 11.6 Å². The highest BCUT2D eigenvalue weighted by atomic mass is 35.5. The Hall–Kier alpha value is -1.61. The van der Waals surface area contributed by atoms with E-state index in [-0.39, 0.29) is 10.8 Å². The molecule has 2 aromatic rings. The maximum atomic E-state index is 13.0. The highest BCUT2D eigenvalue weighted by Crippen LogP contribution is 2.22. The molecule has 0 atom stereocenters. The SMILES string of the molecule is Fc1ccc(CNc2ccc3c(n2)CCC3)cc1Cl. The molecule has 0 saturated heterocycles. The quantitative estimate of drug-likeness (QED) is 0.917. The van der Waals surface area contributed by atoms with Crippen molar-refractivity contribution in [1.82, 2.24) is 4.98 Å². The minimum absolute atomic E-state index is 0.154. The lowest BCUT2D eigenvalue weighted by molar-refractivity contribution is 0.627. The van der Waals surface area contributed by atoms with Gasteiger partial charge < -0.3 is 5.32 Å². The molecule has 1 heterocycles. The molecule has 0 unspecified atom stereocenters. The van der Waals surface area contributed by atoms with Gasteiger partial charge in [-0.05, 0) is 48.6 Å². The monoisotopic (exact) mass is 276 g/mol. The molecule has 0 amide bonds. The number of hydrogen-bond donors (Lipinski definition) is 1. The summed E-state index contributed by atoms with van der Waals surface area (Å²) in [5, 5.41) is 3.40. The average molecular weight is 277 g/mol. The Morgan fingerprint density at radius 2 is 2.11 bits per heavy atom. The van der Waals surface area contributed by atoms with Gasteiger partial charge in [0, 0.05) is 12.2 Å². The number of anilines is 1. The zero-order valence-corrected chi connectivity index (χ0v) is 11.2. The molecule has 0 aliphatic heterocycles. The van der Waals surface area contributed by atoms with Crippen molar-refractivity contribution < 1.29 is 4.39 Å². The summed E-state index contributed by atoms with van der Waals surface area (Å²) in [7, 11) is 0. The number of fused-ring (bicyclic) bond motifs is 1. The fourth-order valence-corrected chi connectivity index (χ4v) is 2.56. The molecule has 0 saturated carbocycles. The fraction of sp³-hybridized carbons (Fsp3) is 0.267. The number of rotatable bonds is 3. The van der Waals surface area contributed by atoms with Gasteiger partial charge >= 0.3 is 0 Å². The van der Waals surface area contributed by atoms with E-state index in [0.29, 0.717) is 6.54 Å². The number of aromatic nitrogens is 1. The lowest BCUT2D eigenvalue weighted by Gasteiger charge is -2.08. The summed E-state index contributed by atoms with van der Waals surface area (Å²) in [6.07, 6.45) is 3.39. The topological polar surface area (TPSA) is 24.9 Å². The van der Waals surface area contributed by atoms with E-state index < -0.39 is 0 Å². The Kier molecular flexibility index (Phi) is 3.38. The lowest BCUT2D eigenvalue weighted by Crippen LogP contribution is -2.03. The zero-order chi connectivity index (χ0) is 13.2. The minimum atomic E-state index is -0.388. The van der Waals surface area contributed by atoms with E-state index in [0.717, 1.165) is 24.2 Å². The van der Waals surface area contributed by atoms with Crippen molar-refractivity contribution in [2.24, 2.45) is 0 Å². The third-order valence-electron chi connectivity index (χ3n) is 3.39. The van der Waals surface area contributed by atoms with Crippen LogP contribution in [0, 0.1) is 5.82 Å². The van der Waals surface area contributed by atoms with Gasteiger partial charge in [-0.3, -0.25) is 0 Å². The second-order valence-corrected chi connectivity index (χ2v) is 5.17. The second kappa shape index (κ2) is 5.17. The van der Waals surface area contributed by atoms with Crippen molar-refractivity contribution in [3.05, 3.63) is 58.0 Å². The van der Waals surface area contributed by atoms with Crippen LogP contribution in [0.3, 0.4) is 0 Å². The maximum absolute atomic E-state index is 13.0. The number of nitrogens with one attached hydrogen (secondary N) is 1. The molecule has 1 aliphatic carbocycles. The first kappa shape index (κ1) is 12.4. The van der Waals surface area contributed by atoms with E-state index in [1.165, 1.54) is 23.7 Å². The van der Waals surface area contributed by atoms with Gasteiger partial charge in [-0.2, -0.15) is 0 Å². The molecule has 0 spiro atoms. The van der Waals surface area contributed by atoms with E-state index in [9.17, 15) is 4.39 Å². The third-order valence-corrected chi connectivity index (χ3v) is 3.68. The molecular formula is C15H14ClFN2. The number of pyridine rings is 1. The summed E-state index contributed by atoms with van der Waals surface area (Å²) >= 11 is 5.75. The highest BCUT2D eigenvalue weighted by Gasteiger charge is 2.12. The van der Waals surface area contributed by atoms with Crippen LogP contribution in [0.1, 0.15) is 23.2 Å². The molecule has 1 N–H and O–H groups in total. The molecule has 0 bridgehead atoms. The van der Waals surface area contributed by atoms with Gasteiger partial charge in [0.25, 0.3) is 0 Å². The molecule has 0 radical (unpaired) electrons. The van der Waals surface area contributed by atoms with Crippen molar-refractivity contribution in [1.29, 1.82) is 0 Å². The Morgan fingerprint density at radius 3 is 2.95 bits per heavy atom. The molecule has 4 heteroatoms. The Morgan fingerprint density at radius 1 is 1.21 bits per heavy atom. The number of aryl methyl sites for hydroxylation is 2. The molecule has 1 aromatic carbocycles. The molecule has 19 heavy (non-hydrogen) atoms. The molecule has 98 valence electrons. The molecule has 0 fully saturated rings. The van der Waals surface area contributed by atoms with Crippen LogP contribution in [0.2, 0.25) is 5.02 Å². The van der Waals surface area contributed by atoms with Crippen LogP contribution in [0.25, 0.3) is 0 Å². The van der Waals surface area contributed by atoms with E-state index >= 15 is 0 Å². The van der Waals surface area contributed by atoms with Crippen LogP contribution in [0.5, 0.6) is 0 Å². The van der Waals surface area contributed by atoms with Crippen molar-refractivity contribution in [3.8, 4) is 0 Å². The summed E-state index contributed by atoms with van der Waals surface area (Å²) < 4.78 is 13.0. The Bertz CT molecular complexity index is 613. The van der Waals surface area contributed by atoms with E-state index in [1.807, 2.05) is 6.07 Å². The molecular weight excluding hydrogens is 263 g/mol. The highest BCUT2D eigenvalue weighted by molar-refractivity contribution is 6.30. The largest absolute Gasteiger partial charge is 0.366 e. The number of halogens is 2. The first-order valence-electron chi connectivity index (χ1n) is 6.39. The van der Waals surface area contributed by atoms with Gasteiger partial charge in [-0.25, -0.2) is 9.37 Å². The van der Waals surface area contributed by atoms with Gasteiger partial charge in [-0.15, -0.1) is 0 Å². The number of hydrogen-bond acceptors (Lipinski definition) is 2. The van der Waals surface area contributed by atoms with Gasteiger partial charge in [0.15, 0.2) is 0 Å². The van der Waals surface area contributed by atoms with Gasteiger partial charge in [0.05, 0.1) is 5.02 Å². The van der Waals surface area contributed by atoms with E-state index in [2.05, 4.69) is 16.4 Å². The standard InChI is InChI=1S/C15H14ClFN2/c16-12-8-10(4-6-13(12)17)9-18-15-7-5-11-2-1-3-14(11)19-15/h4-8H,1-3,9H2,(H,18,19). The van der Waals surface area contributed by atoms with Crippen LogP contribution in [0.4, 0.5) is 10.2 Å². The van der Waals surface area contributed by atoms with Crippen molar-refractivity contribution in [2.45, 2.75) is 25.8 Å². The second-order valence-electron chi connectivity index (χ2n) is 4.76. The summed E-state index contributed by atoms with van der Waals surface area (Å²) in [4.78, 5) is 4.59. The summed E-state index contributed by atoms with van der Waals surface area (Å²) in [6, 6.07) is 8.87. The minimum Gasteiger partial charge on any atom is -0.366 e. The van der Waals surface area contributed by atoms with Gasteiger partial charge in [0.2, 0.25) is 0 Å². The molecule has 2 nitrogen and oxygen atoms in total. The first-order valence-corrected chi connectivity index (χ1v) is 6.77. The van der Waals surface area contributed by atoms with Crippen LogP contribution < -0.4 is 5.32 Å². The molecule has 1 aromatic heterocycles. The fourth-order valence-electron chi connectivity index (χ4n) is 2.36. The smallest absolute Gasteiger partial charge is 0.141 e. The van der Waals surface area contributed by atoms with Crippen LogP contribution in [0.15, 0.2) is 30.3 Å². The van der Waals surface area contributed by atoms with E-state index in [4.69, 9.17) is 11.6 Å². The van der Waals surface area contributed by atoms with Crippen LogP contribution in [-0.2, 0) is 19.4 Å². The Labute approximate surface area is 116 Å². The number of benzene rings is 1. The summed E-state index contributed by atoms with van der Waals surface area (Å²) in [5.41, 5.74) is 3.49. The third kappa shape index (κ3) is 2.71. The van der Waals surface area contributed by atoms with Crippen LogP contribution in [-0.4, -0.2) is 4.98 Å². The van der Waals surface area contributed by atoms with Gasteiger partial charge in [-0.1, -0.05) is 23.7 Å². The molecule has 3 rings (SSSR count). The Balaban J connectivity index is 1.70. The lowest BCUT2D eigenvalue weighted by atomic mass is 10.2.